The van der Waals surface area contributed by atoms with Crippen molar-refractivity contribution in [2.75, 3.05) is 19.6 Å². The number of piperidine rings is 1. The molecule has 4 nitrogen and oxygen atoms in total. The summed E-state index contributed by atoms with van der Waals surface area (Å²) in [5.74, 6) is 1.15. The number of primary amides is 1. The van der Waals surface area contributed by atoms with Crippen LogP contribution >= 0.6 is 23.2 Å². The first-order chi connectivity index (χ1) is 16.5. The normalized spacial score (nSPS) is 17.9. The molecule has 1 aliphatic heterocycles. The summed E-state index contributed by atoms with van der Waals surface area (Å²) in [5, 5.41) is 2.10. The maximum absolute atomic E-state index is 10.6. The van der Waals surface area contributed by atoms with Gasteiger partial charge < -0.3 is 15.1 Å². The van der Waals surface area contributed by atoms with E-state index in [0.717, 1.165) is 11.5 Å². The van der Waals surface area contributed by atoms with Crippen molar-refractivity contribution in [3.05, 3.63) is 69.9 Å². The number of furan rings is 1. The molecule has 2 N–H and O–H groups in total. The van der Waals surface area contributed by atoms with E-state index in [9.17, 15) is 4.79 Å². The van der Waals surface area contributed by atoms with E-state index < -0.39 is 5.91 Å². The molecule has 34 heavy (non-hydrogen) atoms. The van der Waals surface area contributed by atoms with Crippen LogP contribution in [-0.4, -0.2) is 30.4 Å². The molecule has 182 valence electrons. The van der Waals surface area contributed by atoms with Crippen LogP contribution in [-0.2, 0) is 0 Å². The lowest BCUT2D eigenvalue weighted by Crippen LogP contribution is -2.34. The molecule has 2 fully saturated rings. The van der Waals surface area contributed by atoms with Gasteiger partial charge in [0.1, 0.15) is 5.58 Å². The summed E-state index contributed by atoms with van der Waals surface area (Å²) in [5.41, 5.74) is 7.77. The highest BCUT2D eigenvalue weighted by Crippen LogP contribution is 2.35. The molecule has 1 aromatic heterocycles. The minimum Gasteiger partial charge on any atom is -0.464 e. The molecule has 2 heterocycles. The molecule has 1 saturated carbocycles. The summed E-state index contributed by atoms with van der Waals surface area (Å²) < 4.78 is 5.74. The second kappa shape index (κ2) is 12.1. The second-order valence-corrected chi connectivity index (χ2v) is 10.4. The molecule has 6 heteroatoms. The lowest BCUT2D eigenvalue weighted by molar-refractivity contribution is 0.100. The van der Waals surface area contributed by atoms with Gasteiger partial charge in [0.15, 0.2) is 0 Å². The first kappa shape index (κ1) is 25.1. The lowest BCUT2D eigenvalue weighted by atomic mass is 9.86. The van der Waals surface area contributed by atoms with Gasteiger partial charge in [0, 0.05) is 16.0 Å². The van der Waals surface area contributed by atoms with E-state index >= 15 is 0 Å². The van der Waals surface area contributed by atoms with E-state index in [1.807, 2.05) is 6.26 Å². The van der Waals surface area contributed by atoms with Gasteiger partial charge in [-0.05, 0) is 75.0 Å². The van der Waals surface area contributed by atoms with Crippen LogP contribution in [0.15, 0.2) is 53.1 Å². The highest BCUT2D eigenvalue weighted by molar-refractivity contribution is 6.36. The molecular formula is C28H34Cl2N2O2. The number of nitrogens with two attached hydrogens (primary N) is 1. The highest BCUT2D eigenvalue weighted by Gasteiger charge is 2.24. The predicted octanol–water partition coefficient (Wildman–Crippen LogP) is 7.67. The SMILES string of the molecule is NC(=O)c1ccc(Cl)cc1Cl.c1ccc2c(C3CCN(CCC4CCCCC4)CC3)coc2c1. The number of carbonyl (C=O) groups is 1. The van der Waals surface area contributed by atoms with Crippen LogP contribution in [0, 0.1) is 5.92 Å². The standard InChI is InChI=1S/C21H29NO.C7H5Cl2NO/c1-2-6-17(7-3-1)10-13-22-14-11-18(12-15-22)20-16-23-21-9-5-4-8-19(20)21;8-4-1-2-5(7(10)11)6(9)3-4/h4-5,8-9,16-18H,1-3,6-7,10-15H2;1-3H,(H2,10,11). The first-order valence-electron chi connectivity index (χ1n) is 12.4. The lowest BCUT2D eigenvalue weighted by Gasteiger charge is -2.33. The van der Waals surface area contributed by atoms with Gasteiger partial charge in [0.05, 0.1) is 16.8 Å². The zero-order chi connectivity index (χ0) is 23.9. The minimum atomic E-state index is -0.549. The maximum Gasteiger partial charge on any atom is 0.250 e. The fourth-order valence-electron chi connectivity index (χ4n) is 5.31. The van der Waals surface area contributed by atoms with E-state index in [1.54, 1.807) is 6.07 Å². The Hall–Kier alpha value is -2.01. The number of hydrogen-bond donors (Lipinski definition) is 1. The van der Waals surface area contributed by atoms with Gasteiger partial charge in [-0.15, -0.1) is 0 Å². The van der Waals surface area contributed by atoms with Crippen molar-refractivity contribution >= 4 is 40.1 Å². The third kappa shape index (κ3) is 6.56. The monoisotopic (exact) mass is 500 g/mol. The van der Waals surface area contributed by atoms with Crippen LogP contribution in [0.2, 0.25) is 10.0 Å². The number of nitrogens with zero attached hydrogens (tertiary/aromatic N) is 1. The number of carbonyl (C=O) groups excluding carboxylic acids is 1. The molecule has 5 rings (SSSR count). The molecule has 0 unspecified atom stereocenters. The van der Waals surface area contributed by atoms with Gasteiger partial charge >= 0.3 is 0 Å². The zero-order valence-electron chi connectivity index (χ0n) is 19.6. The van der Waals surface area contributed by atoms with Crippen molar-refractivity contribution < 1.29 is 9.21 Å². The quantitative estimate of drug-likeness (QED) is 0.390. The first-order valence-corrected chi connectivity index (χ1v) is 13.2. The van der Waals surface area contributed by atoms with Crippen molar-refractivity contribution in [3.63, 3.8) is 0 Å². The summed E-state index contributed by atoms with van der Waals surface area (Å²) in [4.78, 5) is 13.3. The number of amides is 1. The van der Waals surface area contributed by atoms with Gasteiger partial charge in [-0.2, -0.15) is 0 Å². The van der Waals surface area contributed by atoms with Crippen molar-refractivity contribution in [3.8, 4) is 0 Å². The largest absolute Gasteiger partial charge is 0.464 e. The number of para-hydroxylation sites is 1. The van der Waals surface area contributed by atoms with E-state index in [4.69, 9.17) is 33.4 Å². The Morgan fingerprint density at radius 3 is 2.44 bits per heavy atom. The molecule has 2 aromatic carbocycles. The van der Waals surface area contributed by atoms with Crippen molar-refractivity contribution in [1.29, 1.82) is 0 Å². The Morgan fingerprint density at radius 1 is 1.00 bits per heavy atom. The Morgan fingerprint density at radius 2 is 1.74 bits per heavy atom. The van der Waals surface area contributed by atoms with Gasteiger partial charge in [-0.3, -0.25) is 4.79 Å². The van der Waals surface area contributed by atoms with Crippen molar-refractivity contribution in [2.24, 2.45) is 11.7 Å². The van der Waals surface area contributed by atoms with E-state index in [1.165, 1.54) is 94.1 Å². The van der Waals surface area contributed by atoms with Crippen molar-refractivity contribution in [1.82, 2.24) is 4.90 Å². The summed E-state index contributed by atoms with van der Waals surface area (Å²) in [7, 11) is 0. The van der Waals surface area contributed by atoms with Gasteiger partial charge in [0.25, 0.3) is 0 Å². The third-order valence-corrected chi connectivity index (χ3v) is 7.86. The van der Waals surface area contributed by atoms with Gasteiger partial charge in [0.2, 0.25) is 5.91 Å². The van der Waals surface area contributed by atoms with E-state index in [-0.39, 0.29) is 10.6 Å². The van der Waals surface area contributed by atoms with Gasteiger partial charge in [-0.25, -0.2) is 0 Å². The predicted molar refractivity (Wildman–Crippen MR) is 141 cm³/mol. The number of likely N-dealkylation sites (tertiary alicyclic amines) is 1. The van der Waals surface area contributed by atoms with Gasteiger partial charge in [-0.1, -0.05) is 73.5 Å². The Labute approximate surface area is 212 Å². The zero-order valence-corrected chi connectivity index (χ0v) is 21.2. The van der Waals surface area contributed by atoms with Crippen LogP contribution in [0.5, 0.6) is 0 Å². The Balaban J connectivity index is 0.000000210. The Kier molecular flexibility index (Phi) is 8.93. The summed E-state index contributed by atoms with van der Waals surface area (Å²) in [6.45, 7) is 3.84. The number of rotatable bonds is 5. The topological polar surface area (TPSA) is 59.5 Å². The minimum absolute atomic E-state index is 0.282. The molecule has 0 atom stereocenters. The average molecular weight is 501 g/mol. The third-order valence-electron chi connectivity index (χ3n) is 7.31. The van der Waals surface area contributed by atoms with Crippen LogP contribution < -0.4 is 5.73 Å². The smallest absolute Gasteiger partial charge is 0.250 e. The van der Waals surface area contributed by atoms with Crippen LogP contribution in [0.4, 0.5) is 0 Å². The number of fused-ring (bicyclic) bond motifs is 1. The number of hydrogen-bond acceptors (Lipinski definition) is 3. The molecule has 1 saturated heterocycles. The van der Waals surface area contributed by atoms with E-state index in [2.05, 4.69) is 29.2 Å². The molecule has 2 aliphatic rings. The maximum atomic E-state index is 10.6. The van der Waals surface area contributed by atoms with Crippen molar-refractivity contribution in [2.45, 2.75) is 57.3 Å². The second-order valence-electron chi connectivity index (χ2n) is 9.58. The summed E-state index contributed by atoms with van der Waals surface area (Å²) >= 11 is 11.2. The van der Waals surface area contributed by atoms with Crippen LogP contribution in [0.1, 0.15) is 73.2 Å². The molecule has 0 radical (unpaired) electrons. The molecular weight excluding hydrogens is 467 g/mol. The number of halogens is 2. The number of benzene rings is 2. The fraction of sp³-hybridized carbons (Fsp3) is 0.464. The molecule has 0 bridgehead atoms. The molecule has 1 amide bonds. The molecule has 1 aliphatic carbocycles. The summed E-state index contributed by atoms with van der Waals surface area (Å²) in [6, 6.07) is 13.0. The van der Waals surface area contributed by atoms with Crippen LogP contribution in [0.25, 0.3) is 11.0 Å². The average Bonchev–Trinajstić information content (AvgIpc) is 3.28. The highest BCUT2D eigenvalue weighted by atomic mass is 35.5. The molecule has 3 aromatic rings. The van der Waals surface area contributed by atoms with Crippen LogP contribution in [0.3, 0.4) is 0 Å². The summed E-state index contributed by atoms with van der Waals surface area (Å²) in [6.07, 6.45) is 13.4. The Bertz CT molecular complexity index is 1080. The molecule has 0 spiro atoms. The fourth-order valence-corrected chi connectivity index (χ4v) is 5.81. The van der Waals surface area contributed by atoms with E-state index in [0.29, 0.717) is 10.9 Å².